The van der Waals surface area contributed by atoms with Crippen LogP contribution in [-0.4, -0.2) is 37.4 Å². The minimum Gasteiger partial charge on any atom is -0.491 e. The predicted octanol–water partition coefficient (Wildman–Crippen LogP) is 6.46. The Morgan fingerprint density at radius 2 is 1.90 bits per heavy atom. The zero-order valence-corrected chi connectivity index (χ0v) is 19.0. The molecule has 3 aromatic rings. The topological polar surface area (TPSA) is 42.7 Å². The maximum Gasteiger partial charge on any atom is 0.160 e. The number of ether oxygens (including phenoxy) is 1. The van der Waals surface area contributed by atoms with Gasteiger partial charge in [0, 0.05) is 34.9 Å². The number of fused-ring (bicyclic) bond motifs is 1. The third-order valence-electron chi connectivity index (χ3n) is 5.13. The second-order valence-electron chi connectivity index (χ2n) is 6.83. The smallest absolute Gasteiger partial charge is 0.160 e. The van der Waals surface area contributed by atoms with Crippen LogP contribution in [-0.2, 0) is 6.42 Å². The molecule has 0 radical (unpaired) electrons. The number of furan rings is 1. The Balaban J connectivity index is 0.00000300. The summed E-state index contributed by atoms with van der Waals surface area (Å²) in [6.07, 6.45) is 3.93. The Hall–Kier alpha value is -1.82. The minimum absolute atomic E-state index is 0. The molecule has 6 heteroatoms. The van der Waals surface area contributed by atoms with Crippen LogP contribution in [0.5, 0.6) is 5.75 Å². The second kappa shape index (κ2) is 11.4. The first-order valence-electron chi connectivity index (χ1n) is 10.2. The van der Waals surface area contributed by atoms with Gasteiger partial charge in [0.1, 0.15) is 23.7 Å². The van der Waals surface area contributed by atoms with Gasteiger partial charge in [-0.1, -0.05) is 45.4 Å². The van der Waals surface area contributed by atoms with Gasteiger partial charge in [0.05, 0.1) is 4.88 Å². The van der Waals surface area contributed by atoms with Gasteiger partial charge in [-0.05, 0) is 25.6 Å². The molecule has 2 heterocycles. The van der Waals surface area contributed by atoms with Crippen molar-refractivity contribution in [2.45, 2.75) is 40.0 Å². The predicted molar refractivity (Wildman–Crippen MR) is 124 cm³/mol. The molecule has 3 rings (SSSR count). The first-order valence-corrected chi connectivity index (χ1v) is 11.0. The van der Waals surface area contributed by atoms with Crippen molar-refractivity contribution in [2.24, 2.45) is 0 Å². The number of nitrogens with zero attached hydrogens (tertiary/aromatic N) is 1. The number of carbonyl (C=O) groups excluding carboxylic acids is 1. The molecule has 2 aromatic heterocycles. The number of benzene rings is 1. The molecule has 1 aromatic carbocycles. The number of unbranched alkanes of at least 4 members (excludes halogenated alkanes) is 1. The van der Waals surface area contributed by atoms with Crippen molar-refractivity contribution in [3.05, 3.63) is 40.3 Å². The number of para-hydroxylation sites is 1. The summed E-state index contributed by atoms with van der Waals surface area (Å²) in [5, 5.41) is 3.00. The summed E-state index contributed by atoms with van der Waals surface area (Å²) in [6.45, 7) is 9.96. The Bertz CT molecular complexity index is 914. The lowest BCUT2D eigenvalue weighted by atomic mass is 9.99. The van der Waals surface area contributed by atoms with Crippen LogP contribution in [0.1, 0.15) is 49.0 Å². The molecular formula is C23H30ClNO3S. The molecule has 0 aliphatic heterocycles. The maximum absolute atomic E-state index is 11.8. The van der Waals surface area contributed by atoms with Crippen molar-refractivity contribution >= 4 is 41.0 Å². The lowest BCUT2D eigenvalue weighted by Crippen LogP contribution is -2.27. The summed E-state index contributed by atoms with van der Waals surface area (Å²) >= 11 is 1.44. The van der Waals surface area contributed by atoms with Crippen molar-refractivity contribution in [1.82, 2.24) is 4.90 Å². The first-order chi connectivity index (χ1) is 13.7. The van der Waals surface area contributed by atoms with Gasteiger partial charge in [0.25, 0.3) is 0 Å². The second-order valence-corrected chi connectivity index (χ2v) is 7.74. The number of halogens is 1. The van der Waals surface area contributed by atoms with Crippen molar-refractivity contribution < 1.29 is 13.9 Å². The van der Waals surface area contributed by atoms with Crippen LogP contribution in [0.15, 0.2) is 34.1 Å². The summed E-state index contributed by atoms with van der Waals surface area (Å²) in [5.74, 6) is 1.72. The highest BCUT2D eigenvalue weighted by atomic mass is 35.5. The van der Waals surface area contributed by atoms with E-state index in [2.05, 4.69) is 31.7 Å². The number of carbonyl (C=O) groups is 1. The number of likely N-dealkylation sites (N-methyl/N-ethyl adjacent to an activating group) is 1. The third kappa shape index (κ3) is 5.21. The van der Waals surface area contributed by atoms with E-state index in [-0.39, 0.29) is 12.4 Å². The third-order valence-corrected chi connectivity index (χ3v) is 6.01. The lowest BCUT2D eigenvalue weighted by Gasteiger charge is -2.18. The van der Waals surface area contributed by atoms with Crippen LogP contribution in [0.2, 0.25) is 0 Å². The van der Waals surface area contributed by atoms with Crippen molar-refractivity contribution in [3.63, 3.8) is 0 Å². The summed E-state index contributed by atoms with van der Waals surface area (Å²) in [5.41, 5.74) is 2.77. The van der Waals surface area contributed by atoms with Crippen molar-refractivity contribution in [1.29, 1.82) is 0 Å². The van der Waals surface area contributed by atoms with Crippen LogP contribution in [0, 0.1) is 0 Å². The van der Waals surface area contributed by atoms with Gasteiger partial charge in [-0.3, -0.25) is 4.79 Å². The van der Waals surface area contributed by atoms with Crippen LogP contribution in [0.25, 0.3) is 22.1 Å². The highest BCUT2D eigenvalue weighted by Crippen LogP contribution is 2.44. The summed E-state index contributed by atoms with van der Waals surface area (Å²) in [7, 11) is 0. The quantitative estimate of drug-likeness (QED) is 0.324. The molecule has 0 unspecified atom stereocenters. The fraction of sp³-hybridized carbons (Fsp3) is 0.435. The number of aldehydes is 1. The Labute approximate surface area is 183 Å². The number of aryl methyl sites for hydroxylation is 1. The Morgan fingerprint density at radius 1 is 1.14 bits per heavy atom. The Kier molecular flexibility index (Phi) is 9.21. The highest BCUT2D eigenvalue weighted by molar-refractivity contribution is 7.12. The molecule has 29 heavy (non-hydrogen) atoms. The van der Waals surface area contributed by atoms with E-state index >= 15 is 0 Å². The highest BCUT2D eigenvalue weighted by Gasteiger charge is 2.23. The first kappa shape index (κ1) is 23.5. The summed E-state index contributed by atoms with van der Waals surface area (Å²) in [6, 6.07) is 8.05. The minimum atomic E-state index is 0. The van der Waals surface area contributed by atoms with Gasteiger partial charge in [-0.15, -0.1) is 23.7 Å². The number of thiophene rings is 1. The van der Waals surface area contributed by atoms with Gasteiger partial charge < -0.3 is 14.1 Å². The number of hydrogen-bond donors (Lipinski definition) is 0. The van der Waals surface area contributed by atoms with E-state index in [0.717, 1.165) is 78.8 Å². The zero-order valence-electron chi connectivity index (χ0n) is 17.4. The van der Waals surface area contributed by atoms with Gasteiger partial charge in [-0.25, -0.2) is 0 Å². The molecular weight excluding hydrogens is 406 g/mol. The van der Waals surface area contributed by atoms with Crippen LogP contribution in [0.3, 0.4) is 0 Å². The average molecular weight is 436 g/mol. The molecule has 0 saturated carbocycles. The molecule has 158 valence electrons. The van der Waals surface area contributed by atoms with E-state index in [1.165, 1.54) is 11.3 Å². The van der Waals surface area contributed by atoms with Gasteiger partial charge in [-0.2, -0.15) is 0 Å². The molecule has 0 spiro atoms. The van der Waals surface area contributed by atoms with E-state index in [0.29, 0.717) is 11.5 Å². The number of rotatable bonds is 11. The van der Waals surface area contributed by atoms with Crippen LogP contribution >= 0.6 is 23.7 Å². The average Bonchev–Trinajstić information content (AvgIpc) is 3.29. The summed E-state index contributed by atoms with van der Waals surface area (Å²) < 4.78 is 12.3. The fourth-order valence-corrected chi connectivity index (χ4v) is 4.30. The van der Waals surface area contributed by atoms with E-state index < -0.39 is 0 Å². The Morgan fingerprint density at radius 3 is 2.59 bits per heavy atom. The molecule has 0 saturated heterocycles. The van der Waals surface area contributed by atoms with E-state index in [1.54, 1.807) is 0 Å². The number of hydrogen-bond acceptors (Lipinski definition) is 5. The molecule has 0 amide bonds. The van der Waals surface area contributed by atoms with E-state index in [4.69, 9.17) is 9.15 Å². The standard InChI is InChI=1S/C23H29NO3S.ClH/c1-4-7-11-19-22(17-10-8-9-12-18(17)27-19)23-20(16-28-21(23)15-25)26-14-13-24(5-2)6-3;/h8-10,12,15-16H,4-7,11,13-14H2,1-3H3;1H. The maximum atomic E-state index is 11.8. The van der Waals surface area contributed by atoms with Crippen molar-refractivity contribution in [2.75, 3.05) is 26.2 Å². The fourth-order valence-electron chi connectivity index (χ4n) is 3.50. The molecule has 0 fully saturated rings. The van der Waals surface area contributed by atoms with Gasteiger partial charge in [0.2, 0.25) is 0 Å². The normalized spacial score (nSPS) is 11.0. The molecule has 0 N–H and O–H groups in total. The van der Waals surface area contributed by atoms with Crippen molar-refractivity contribution in [3.8, 4) is 16.9 Å². The summed E-state index contributed by atoms with van der Waals surface area (Å²) in [4.78, 5) is 14.8. The van der Waals surface area contributed by atoms with Gasteiger partial charge in [0.15, 0.2) is 6.29 Å². The lowest BCUT2D eigenvalue weighted by molar-refractivity contribution is 0.112. The molecule has 0 aliphatic rings. The van der Waals surface area contributed by atoms with Crippen LogP contribution in [0.4, 0.5) is 0 Å². The van der Waals surface area contributed by atoms with Crippen LogP contribution < -0.4 is 4.74 Å². The SMILES string of the molecule is CCCCc1oc2ccccc2c1-c1c(OCCN(CC)CC)csc1C=O.Cl. The monoisotopic (exact) mass is 435 g/mol. The van der Waals surface area contributed by atoms with Gasteiger partial charge >= 0.3 is 0 Å². The molecule has 0 atom stereocenters. The molecule has 4 nitrogen and oxygen atoms in total. The largest absolute Gasteiger partial charge is 0.491 e. The molecule has 0 bridgehead atoms. The molecule has 0 aliphatic carbocycles. The van der Waals surface area contributed by atoms with E-state index in [9.17, 15) is 4.79 Å². The zero-order chi connectivity index (χ0) is 19.9. The van der Waals surface area contributed by atoms with E-state index in [1.807, 2.05) is 23.6 Å².